The highest BCUT2D eigenvalue weighted by molar-refractivity contribution is 7.99. The number of benzene rings is 6. The van der Waals surface area contributed by atoms with Gasteiger partial charge in [-0.15, -0.1) is 11.8 Å². The maximum Gasteiger partial charge on any atom is 0.407 e. The number of amides is 1. The quantitative estimate of drug-likeness (QED) is 0.0809. The molecule has 2 aromatic heterocycles. The zero-order valence-electron chi connectivity index (χ0n) is 39.3. The van der Waals surface area contributed by atoms with Gasteiger partial charge in [0.05, 0.1) is 12.1 Å². The molecule has 10 rings (SSSR count). The molecule has 3 heterocycles. The molecule has 1 aliphatic carbocycles. The van der Waals surface area contributed by atoms with E-state index in [1.165, 1.54) is 10.5 Å². The van der Waals surface area contributed by atoms with Crippen LogP contribution < -0.4 is 9.47 Å². The van der Waals surface area contributed by atoms with E-state index >= 15 is 4.39 Å². The van der Waals surface area contributed by atoms with Gasteiger partial charge in [-0.05, 0) is 95.2 Å². The molecule has 0 bridgehead atoms. The van der Waals surface area contributed by atoms with E-state index in [4.69, 9.17) is 19.6 Å². The monoisotopic (exact) mass is 924 g/mol. The highest BCUT2D eigenvalue weighted by atomic mass is 32.2. The van der Waals surface area contributed by atoms with E-state index in [-0.39, 0.29) is 23.9 Å². The van der Waals surface area contributed by atoms with Crippen LogP contribution in [0.1, 0.15) is 103 Å². The van der Waals surface area contributed by atoms with Gasteiger partial charge in [0, 0.05) is 47.6 Å². The zero-order valence-corrected chi connectivity index (χ0v) is 40.1. The minimum absolute atomic E-state index is 0.286. The van der Waals surface area contributed by atoms with Crippen molar-refractivity contribution in [1.29, 1.82) is 0 Å². The number of carbonyl (C=O) groups is 1. The molecular formula is C58H57FN4O4S. The number of rotatable bonds is 15. The largest absolute Gasteiger partial charge is 0.488 e. The van der Waals surface area contributed by atoms with Crippen LogP contribution >= 0.6 is 11.8 Å². The Morgan fingerprint density at radius 2 is 1.46 bits per heavy atom. The van der Waals surface area contributed by atoms with Crippen LogP contribution in [0, 0.1) is 12.7 Å². The molecule has 1 N–H and O–H groups in total. The predicted octanol–water partition coefficient (Wildman–Crippen LogP) is 13.7. The van der Waals surface area contributed by atoms with Crippen molar-refractivity contribution in [2.45, 2.75) is 94.4 Å². The van der Waals surface area contributed by atoms with Crippen LogP contribution in [-0.2, 0) is 17.4 Å². The third-order valence-corrected chi connectivity index (χ3v) is 14.8. The SMILES string of the molecule is CCSc1cc(O[C@H]2CCN(C(=O)O)C2)c2cc(C3CC3)c(C(C)(C)Cc3c(C)c(F)cc4nn(C(c5ccccc5)(c5ccccc5)c5ccccc5)cc34)c(O[C@@H](C)c3ccccc3)c2n1. The molecule has 8 aromatic rings. The van der Waals surface area contributed by atoms with Crippen LogP contribution in [-0.4, -0.2) is 55.8 Å². The molecule has 1 saturated carbocycles. The first-order chi connectivity index (χ1) is 33.0. The fourth-order valence-corrected chi connectivity index (χ4v) is 11.1. The second-order valence-electron chi connectivity index (χ2n) is 19.0. The van der Waals surface area contributed by atoms with E-state index < -0.39 is 17.0 Å². The number of ether oxygens (including phenoxy) is 2. The van der Waals surface area contributed by atoms with Crippen molar-refractivity contribution in [1.82, 2.24) is 19.7 Å². The molecule has 1 aliphatic heterocycles. The first kappa shape index (κ1) is 45.1. The molecule has 68 heavy (non-hydrogen) atoms. The molecule has 0 radical (unpaired) electrons. The molecule has 6 aromatic carbocycles. The van der Waals surface area contributed by atoms with Crippen LogP contribution in [0.4, 0.5) is 9.18 Å². The highest BCUT2D eigenvalue weighted by Crippen LogP contribution is 2.53. The summed E-state index contributed by atoms with van der Waals surface area (Å²) >= 11 is 1.63. The maximum atomic E-state index is 16.7. The van der Waals surface area contributed by atoms with Crippen molar-refractivity contribution in [3.05, 3.63) is 196 Å². The fraction of sp³-hybridized carbons (Fsp3) is 0.293. The summed E-state index contributed by atoms with van der Waals surface area (Å²) in [7, 11) is 0. The number of pyridine rings is 1. The molecule has 1 saturated heterocycles. The van der Waals surface area contributed by atoms with Gasteiger partial charge in [-0.25, -0.2) is 14.2 Å². The average molecular weight is 925 g/mol. The predicted molar refractivity (Wildman–Crippen MR) is 270 cm³/mol. The van der Waals surface area contributed by atoms with Gasteiger partial charge >= 0.3 is 6.09 Å². The van der Waals surface area contributed by atoms with Gasteiger partial charge in [0.15, 0.2) is 5.75 Å². The Kier molecular flexibility index (Phi) is 12.2. The van der Waals surface area contributed by atoms with Gasteiger partial charge in [-0.1, -0.05) is 142 Å². The third-order valence-electron chi connectivity index (χ3n) is 14.0. The van der Waals surface area contributed by atoms with E-state index in [1.54, 1.807) is 17.8 Å². The number of carboxylic acid groups (broad SMARTS) is 1. The number of halogens is 1. The second-order valence-corrected chi connectivity index (χ2v) is 20.3. The van der Waals surface area contributed by atoms with Crippen LogP contribution in [0.15, 0.2) is 151 Å². The number of nitrogens with zero attached hydrogens (tertiary/aromatic N) is 4. The Balaban J connectivity index is 1.18. The minimum Gasteiger partial charge on any atom is -0.488 e. The molecular weight excluding hydrogens is 868 g/mol. The molecule has 1 amide bonds. The van der Waals surface area contributed by atoms with Crippen LogP contribution in [0.25, 0.3) is 21.8 Å². The summed E-state index contributed by atoms with van der Waals surface area (Å²) in [5.74, 6) is 2.16. The Hall–Kier alpha value is -6.65. The summed E-state index contributed by atoms with van der Waals surface area (Å²) in [5, 5.41) is 17.7. The summed E-state index contributed by atoms with van der Waals surface area (Å²) < 4.78 is 32.9. The van der Waals surface area contributed by atoms with Gasteiger partial charge in [-0.3, -0.25) is 4.68 Å². The Bertz CT molecular complexity index is 3010. The van der Waals surface area contributed by atoms with Crippen LogP contribution in [0.2, 0.25) is 0 Å². The van der Waals surface area contributed by atoms with Gasteiger partial charge in [0.1, 0.15) is 39.9 Å². The van der Waals surface area contributed by atoms with E-state index in [0.717, 1.165) is 67.8 Å². The summed E-state index contributed by atoms with van der Waals surface area (Å²) in [6, 6.07) is 47.4. The number of hydrogen-bond donors (Lipinski definition) is 1. The van der Waals surface area contributed by atoms with Crippen molar-refractivity contribution < 1.29 is 23.8 Å². The lowest BCUT2D eigenvalue weighted by atomic mass is 9.74. The Labute approximate surface area is 402 Å². The van der Waals surface area contributed by atoms with Crippen molar-refractivity contribution in [2.75, 3.05) is 18.8 Å². The van der Waals surface area contributed by atoms with Crippen molar-refractivity contribution in [3.63, 3.8) is 0 Å². The van der Waals surface area contributed by atoms with E-state index in [2.05, 4.69) is 125 Å². The van der Waals surface area contributed by atoms with Crippen molar-refractivity contribution >= 4 is 39.7 Å². The first-order valence-electron chi connectivity index (χ1n) is 23.8. The number of aromatic nitrogens is 3. The lowest BCUT2D eigenvalue weighted by Gasteiger charge is -2.36. The van der Waals surface area contributed by atoms with Crippen molar-refractivity contribution in [2.24, 2.45) is 0 Å². The van der Waals surface area contributed by atoms with Crippen molar-refractivity contribution in [3.8, 4) is 11.5 Å². The molecule has 2 atom stereocenters. The third kappa shape index (κ3) is 8.37. The molecule has 2 aliphatic rings. The van der Waals surface area contributed by atoms with Crippen LogP contribution in [0.3, 0.4) is 0 Å². The highest BCUT2D eigenvalue weighted by Gasteiger charge is 2.42. The van der Waals surface area contributed by atoms with Gasteiger partial charge in [0.2, 0.25) is 0 Å². The smallest absolute Gasteiger partial charge is 0.407 e. The summed E-state index contributed by atoms with van der Waals surface area (Å²) in [6.07, 6.45) is 3.70. The molecule has 0 unspecified atom stereocenters. The fourth-order valence-electron chi connectivity index (χ4n) is 10.5. The molecule has 0 spiro atoms. The standard InChI is InChI=1S/C58H57FN4O4S/c1-6-68-52-33-51(67-44-29-30-62(35-44)56(64)65)46-31-45(40-27-28-40)53(55(54(46)60-52)66-38(3)39-19-11-7-12-20-39)57(4,5)34-47-37(2)49(59)32-50-48(47)36-63(61-50)58(41-21-13-8-14-22-41,42-23-15-9-16-24-42)43-25-17-10-18-26-43/h7-26,31-33,36,38,40,44H,6,27-30,34-35H2,1-5H3,(H,64,65)/t38-,44-/m0/s1. The molecule has 2 fully saturated rings. The number of thioether (sulfide) groups is 1. The van der Waals surface area contributed by atoms with Gasteiger partial charge in [0.25, 0.3) is 0 Å². The van der Waals surface area contributed by atoms with E-state index in [0.29, 0.717) is 54.0 Å². The summed E-state index contributed by atoms with van der Waals surface area (Å²) in [5.41, 5.74) is 7.63. The summed E-state index contributed by atoms with van der Waals surface area (Å²) in [6.45, 7) is 11.3. The Morgan fingerprint density at radius 1 is 0.853 bits per heavy atom. The lowest BCUT2D eigenvalue weighted by Crippen LogP contribution is -2.38. The number of hydrogen-bond acceptors (Lipinski definition) is 6. The van der Waals surface area contributed by atoms with Crippen LogP contribution in [0.5, 0.6) is 11.5 Å². The normalized spacial score (nSPS) is 15.8. The topological polar surface area (TPSA) is 89.7 Å². The van der Waals surface area contributed by atoms with E-state index in [9.17, 15) is 9.90 Å². The maximum absolute atomic E-state index is 16.7. The zero-order chi connectivity index (χ0) is 47.2. The van der Waals surface area contributed by atoms with E-state index in [1.807, 2.05) is 54.1 Å². The average Bonchev–Trinajstić information content (AvgIpc) is 3.95. The molecule has 10 heteroatoms. The Morgan fingerprint density at radius 3 is 2.01 bits per heavy atom. The second kappa shape index (κ2) is 18.4. The molecule has 8 nitrogen and oxygen atoms in total. The number of fused-ring (bicyclic) bond motifs is 2. The minimum atomic E-state index is -0.938. The summed E-state index contributed by atoms with van der Waals surface area (Å²) in [4.78, 5) is 18.7. The van der Waals surface area contributed by atoms with Gasteiger partial charge in [-0.2, -0.15) is 5.10 Å². The van der Waals surface area contributed by atoms with Gasteiger partial charge < -0.3 is 19.5 Å². The number of likely N-dealkylation sites (tertiary alicyclic amines) is 1. The molecule has 346 valence electrons. The lowest BCUT2D eigenvalue weighted by molar-refractivity contribution is 0.146. The first-order valence-corrected chi connectivity index (χ1v) is 24.8.